The molecule has 0 amide bonds. The van der Waals surface area contributed by atoms with E-state index >= 15 is 0 Å². The van der Waals surface area contributed by atoms with Crippen molar-refractivity contribution >= 4 is 16.7 Å². The average Bonchev–Trinajstić information content (AvgIpc) is 2.43. The van der Waals surface area contributed by atoms with Crippen LogP contribution in [0, 0.1) is 0 Å². The molecule has 2 aromatic rings. The lowest BCUT2D eigenvalue weighted by Crippen LogP contribution is -2.25. The van der Waals surface area contributed by atoms with Gasteiger partial charge in [0.25, 0.3) is 0 Å². The fourth-order valence-corrected chi connectivity index (χ4v) is 2.21. The summed E-state index contributed by atoms with van der Waals surface area (Å²) in [4.78, 5) is 6.84. The molecule has 1 aromatic heterocycles. The number of fused-ring (bicyclic) bond motifs is 1. The second-order valence-corrected chi connectivity index (χ2v) is 4.79. The number of anilines is 1. The monoisotopic (exact) mass is 256 g/mol. The summed E-state index contributed by atoms with van der Waals surface area (Å²) in [5.74, 6) is 0.897. The van der Waals surface area contributed by atoms with Crippen molar-refractivity contribution in [2.45, 2.75) is 20.5 Å². The second kappa shape index (κ2) is 5.85. The second-order valence-electron chi connectivity index (χ2n) is 4.79. The fourth-order valence-electron chi connectivity index (χ4n) is 2.21. The number of hydrogen-bond donors (Lipinski definition) is 1. The van der Waals surface area contributed by atoms with Gasteiger partial charge in [-0.05, 0) is 31.5 Å². The van der Waals surface area contributed by atoms with Crippen molar-refractivity contribution < 1.29 is 5.11 Å². The van der Waals surface area contributed by atoms with Gasteiger partial charge in [0.1, 0.15) is 5.82 Å². The Morgan fingerprint density at radius 1 is 1.37 bits per heavy atom. The molecule has 0 unspecified atom stereocenters. The lowest BCUT2D eigenvalue weighted by Gasteiger charge is -2.23. The zero-order valence-electron chi connectivity index (χ0n) is 11.6. The minimum absolute atomic E-state index is 0.0284. The van der Waals surface area contributed by atoms with Crippen LogP contribution in [-0.4, -0.2) is 23.2 Å². The van der Waals surface area contributed by atoms with Crippen LogP contribution in [0.25, 0.3) is 10.9 Å². The third-order valence-corrected chi connectivity index (χ3v) is 3.13. The van der Waals surface area contributed by atoms with E-state index in [9.17, 15) is 5.11 Å². The Balaban J connectivity index is 2.51. The van der Waals surface area contributed by atoms with E-state index in [2.05, 4.69) is 23.4 Å². The zero-order valence-corrected chi connectivity index (χ0v) is 11.6. The van der Waals surface area contributed by atoms with Crippen molar-refractivity contribution in [2.24, 2.45) is 0 Å². The highest BCUT2D eigenvalue weighted by Gasteiger charge is 2.10. The molecule has 100 valence electrons. The van der Waals surface area contributed by atoms with Gasteiger partial charge in [-0.25, -0.2) is 4.98 Å². The summed E-state index contributed by atoms with van der Waals surface area (Å²) in [5.41, 5.74) is 2.94. The van der Waals surface area contributed by atoms with Crippen molar-refractivity contribution in [1.29, 1.82) is 0 Å². The first-order chi connectivity index (χ1) is 9.15. The minimum atomic E-state index is 0.0284. The highest BCUT2D eigenvalue weighted by molar-refractivity contribution is 5.84. The van der Waals surface area contributed by atoms with Gasteiger partial charge < -0.3 is 10.0 Å². The van der Waals surface area contributed by atoms with Gasteiger partial charge in [-0.2, -0.15) is 0 Å². The van der Waals surface area contributed by atoms with E-state index in [1.54, 1.807) is 0 Å². The van der Waals surface area contributed by atoms with Gasteiger partial charge in [0.2, 0.25) is 0 Å². The van der Waals surface area contributed by atoms with Crippen molar-refractivity contribution in [1.82, 2.24) is 4.98 Å². The Bertz CT molecular complexity index is 592. The molecule has 0 saturated carbocycles. The van der Waals surface area contributed by atoms with E-state index in [1.165, 1.54) is 0 Å². The third kappa shape index (κ3) is 2.93. The van der Waals surface area contributed by atoms with Crippen LogP contribution in [-0.2, 0) is 6.61 Å². The van der Waals surface area contributed by atoms with Gasteiger partial charge in [-0.15, -0.1) is 0 Å². The van der Waals surface area contributed by atoms with Gasteiger partial charge in [-0.1, -0.05) is 30.4 Å². The molecule has 0 aliphatic heterocycles. The van der Waals surface area contributed by atoms with Gasteiger partial charge in [-0.3, -0.25) is 0 Å². The molecule has 19 heavy (non-hydrogen) atoms. The molecule has 1 aromatic carbocycles. The Kier molecular flexibility index (Phi) is 4.17. The van der Waals surface area contributed by atoms with Gasteiger partial charge in [0.15, 0.2) is 0 Å². The number of aliphatic hydroxyl groups is 1. The molecule has 1 heterocycles. The first kappa shape index (κ1) is 13.6. The predicted molar refractivity (Wildman–Crippen MR) is 80.4 cm³/mol. The maximum atomic E-state index is 9.53. The summed E-state index contributed by atoms with van der Waals surface area (Å²) in [7, 11) is 0. The summed E-state index contributed by atoms with van der Waals surface area (Å²) in [6, 6.07) is 9.87. The van der Waals surface area contributed by atoms with Crippen LogP contribution in [0.4, 0.5) is 5.82 Å². The van der Waals surface area contributed by atoms with E-state index in [1.807, 2.05) is 37.3 Å². The molecule has 0 aliphatic rings. The lowest BCUT2D eigenvalue weighted by atomic mass is 10.1. The van der Waals surface area contributed by atoms with Crippen molar-refractivity contribution in [3.63, 3.8) is 0 Å². The van der Waals surface area contributed by atoms with Gasteiger partial charge in [0.05, 0.1) is 12.1 Å². The maximum Gasteiger partial charge on any atom is 0.129 e. The standard InChI is InChI=1S/C16H20N2O/c1-4-18(10-12(2)3)16-9-13(11-19)14-7-5-6-8-15(14)17-16/h5-9,19H,2,4,10-11H2,1,3H3. The van der Waals surface area contributed by atoms with Crippen LogP contribution in [0.15, 0.2) is 42.5 Å². The Hall–Kier alpha value is -1.87. The molecule has 0 radical (unpaired) electrons. The van der Waals surface area contributed by atoms with Crippen LogP contribution in [0.3, 0.4) is 0 Å². The first-order valence-corrected chi connectivity index (χ1v) is 6.54. The summed E-state index contributed by atoms with van der Waals surface area (Å²) < 4.78 is 0. The predicted octanol–water partition coefficient (Wildman–Crippen LogP) is 3.13. The minimum Gasteiger partial charge on any atom is -0.392 e. The van der Waals surface area contributed by atoms with Gasteiger partial charge >= 0.3 is 0 Å². The lowest BCUT2D eigenvalue weighted by molar-refractivity contribution is 0.283. The first-order valence-electron chi connectivity index (χ1n) is 6.54. The molecule has 0 atom stereocenters. The van der Waals surface area contributed by atoms with Crippen molar-refractivity contribution in [2.75, 3.05) is 18.0 Å². The third-order valence-electron chi connectivity index (χ3n) is 3.13. The number of benzene rings is 1. The van der Waals surface area contributed by atoms with Crippen LogP contribution in [0.5, 0.6) is 0 Å². The largest absolute Gasteiger partial charge is 0.392 e. The fraction of sp³-hybridized carbons (Fsp3) is 0.312. The summed E-state index contributed by atoms with van der Waals surface area (Å²) >= 11 is 0. The number of nitrogens with zero attached hydrogens (tertiary/aromatic N) is 2. The molecule has 3 heteroatoms. The molecule has 0 saturated heterocycles. The van der Waals surface area contributed by atoms with E-state index < -0.39 is 0 Å². The van der Waals surface area contributed by atoms with Crippen LogP contribution >= 0.6 is 0 Å². The van der Waals surface area contributed by atoms with Crippen LogP contribution in [0.1, 0.15) is 19.4 Å². The molecule has 3 nitrogen and oxygen atoms in total. The van der Waals surface area contributed by atoms with E-state index in [0.29, 0.717) is 0 Å². The number of pyridine rings is 1. The van der Waals surface area contributed by atoms with Crippen molar-refractivity contribution in [3.05, 3.63) is 48.0 Å². The summed E-state index contributed by atoms with van der Waals surface area (Å²) in [6.07, 6.45) is 0. The molecule has 0 aliphatic carbocycles. The molecule has 1 N–H and O–H groups in total. The van der Waals surface area contributed by atoms with Crippen LogP contribution < -0.4 is 4.90 Å². The Labute approximate surface area is 114 Å². The Morgan fingerprint density at radius 2 is 2.11 bits per heavy atom. The number of aromatic nitrogens is 1. The highest BCUT2D eigenvalue weighted by atomic mass is 16.3. The van der Waals surface area contributed by atoms with E-state index in [-0.39, 0.29) is 6.61 Å². The topological polar surface area (TPSA) is 36.4 Å². The molecular weight excluding hydrogens is 236 g/mol. The molecular formula is C16H20N2O. The van der Waals surface area contributed by atoms with Gasteiger partial charge in [0, 0.05) is 18.5 Å². The number of rotatable bonds is 5. The molecule has 0 fully saturated rings. The number of likely N-dealkylation sites (N-methyl/N-ethyl adjacent to an activating group) is 1. The SMILES string of the molecule is C=C(C)CN(CC)c1cc(CO)c2ccccc2n1. The zero-order chi connectivity index (χ0) is 13.8. The quantitative estimate of drug-likeness (QED) is 0.835. The van der Waals surface area contributed by atoms with E-state index in [4.69, 9.17) is 0 Å². The average molecular weight is 256 g/mol. The number of para-hydroxylation sites is 1. The van der Waals surface area contributed by atoms with Crippen molar-refractivity contribution in [3.8, 4) is 0 Å². The summed E-state index contributed by atoms with van der Waals surface area (Å²) in [6.45, 7) is 9.74. The Morgan fingerprint density at radius 3 is 2.74 bits per heavy atom. The molecule has 2 rings (SSSR count). The highest BCUT2D eigenvalue weighted by Crippen LogP contribution is 2.23. The maximum absolute atomic E-state index is 9.53. The molecule has 0 bridgehead atoms. The number of hydrogen-bond acceptors (Lipinski definition) is 3. The smallest absolute Gasteiger partial charge is 0.129 e. The summed E-state index contributed by atoms with van der Waals surface area (Å²) in [5, 5.41) is 10.5. The number of aliphatic hydroxyl groups excluding tert-OH is 1. The van der Waals surface area contributed by atoms with E-state index in [0.717, 1.165) is 40.9 Å². The normalized spacial score (nSPS) is 10.7. The molecule has 0 spiro atoms. The van der Waals surface area contributed by atoms with Crippen LogP contribution in [0.2, 0.25) is 0 Å².